The van der Waals surface area contributed by atoms with Gasteiger partial charge < -0.3 is 10.2 Å². The van der Waals surface area contributed by atoms with Crippen molar-refractivity contribution in [3.63, 3.8) is 0 Å². The molecular weight excluding hydrogens is 160 g/mol. The maximum absolute atomic E-state index is 3.61. The molecule has 2 fully saturated rings. The van der Waals surface area contributed by atoms with E-state index in [-0.39, 0.29) is 0 Å². The van der Waals surface area contributed by atoms with Gasteiger partial charge in [-0.25, -0.2) is 0 Å². The minimum atomic E-state index is 0.782. The lowest BCUT2D eigenvalue weighted by atomic mass is 10.1. The van der Waals surface area contributed by atoms with Crippen molar-refractivity contribution in [1.29, 1.82) is 0 Å². The van der Waals surface area contributed by atoms with Gasteiger partial charge in [-0.05, 0) is 38.1 Å². The van der Waals surface area contributed by atoms with Crippen LogP contribution in [0.3, 0.4) is 0 Å². The van der Waals surface area contributed by atoms with Crippen molar-refractivity contribution in [3.8, 4) is 0 Å². The van der Waals surface area contributed by atoms with Crippen LogP contribution in [0.4, 0.5) is 0 Å². The summed E-state index contributed by atoms with van der Waals surface area (Å²) in [4.78, 5) is 2.65. The Morgan fingerprint density at radius 1 is 1.23 bits per heavy atom. The van der Waals surface area contributed by atoms with Crippen LogP contribution in [0.5, 0.6) is 0 Å². The summed E-state index contributed by atoms with van der Waals surface area (Å²) >= 11 is 0. The molecule has 76 valence electrons. The monoisotopic (exact) mass is 182 g/mol. The summed E-state index contributed by atoms with van der Waals surface area (Å²) in [5.74, 6) is 1.05. The number of hydrogen-bond acceptors (Lipinski definition) is 2. The summed E-state index contributed by atoms with van der Waals surface area (Å²) < 4.78 is 0. The highest BCUT2D eigenvalue weighted by Crippen LogP contribution is 2.29. The first-order valence-corrected chi connectivity index (χ1v) is 5.84. The molecule has 0 bridgehead atoms. The molecule has 0 amide bonds. The van der Waals surface area contributed by atoms with Crippen molar-refractivity contribution in [2.75, 3.05) is 26.2 Å². The Morgan fingerprint density at radius 2 is 2.08 bits per heavy atom. The molecule has 13 heavy (non-hydrogen) atoms. The molecule has 1 atom stereocenters. The van der Waals surface area contributed by atoms with Crippen molar-refractivity contribution in [1.82, 2.24) is 10.2 Å². The van der Waals surface area contributed by atoms with E-state index in [4.69, 9.17) is 0 Å². The molecule has 2 heteroatoms. The lowest BCUT2D eigenvalue weighted by Gasteiger charge is -2.18. The Balaban J connectivity index is 1.72. The second kappa shape index (κ2) is 4.43. The van der Waals surface area contributed by atoms with Crippen LogP contribution >= 0.6 is 0 Å². The Morgan fingerprint density at radius 3 is 2.77 bits per heavy atom. The van der Waals surface area contributed by atoms with Gasteiger partial charge in [-0.1, -0.05) is 6.92 Å². The summed E-state index contributed by atoms with van der Waals surface area (Å²) in [5, 5.41) is 3.61. The van der Waals surface area contributed by atoms with Crippen LogP contribution in [0.1, 0.15) is 32.6 Å². The topological polar surface area (TPSA) is 15.3 Å². The average Bonchev–Trinajstić information content (AvgIpc) is 2.93. The lowest BCUT2D eigenvalue weighted by molar-refractivity contribution is 0.278. The molecule has 1 heterocycles. The average molecular weight is 182 g/mol. The molecule has 2 nitrogen and oxygen atoms in total. The second-order valence-corrected chi connectivity index (χ2v) is 4.59. The van der Waals surface area contributed by atoms with Gasteiger partial charge in [0.2, 0.25) is 0 Å². The first-order valence-electron chi connectivity index (χ1n) is 5.84. The van der Waals surface area contributed by atoms with E-state index in [0.717, 1.165) is 12.0 Å². The minimum absolute atomic E-state index is 0.782. The number of hydrogen-bond donors (Lipinski definition) is 1. The summed E-state index contributed by atoms with van der Waals surface area (Å²) in [6.07, 6.45) is 5.61. The molecule has 0 spiro atoms. The molecule has 2 rings (SSSR count). The van der Waals surface area contributed by atoms with Crippen LogP contribution < -0.4 is 5.32 Å². The van der Waals surface area contributed by atoms with Gasteiger partial charge in [0.25, 0.3) is 0 Å². The van der Waals surface area contributed by atoms with Crippen LogP contribution in [0.2, 0.25) is 0 Å². The van der Waals surface area contributed by atoms with Gasteiger partial charge in [0.1, 0.15) is 0 Å². The highest BCUT2D eigenvalue weighted by molar-refractivity contribution is 4.80. The molecule has 0 aromatic rings. The van der Waals surface area contributed by atoms with Crippen LogP contribution in [0, 0.1) is 5.92 Å². The van der Waals surface area contributed by atoms with E-state index in [2.05, 4.69) is 17.1 Å². The van der Waals surface area contributed by atoms with E-state index in [1.165, 1.54) is 51.9 Å². The van der Waals surface area contributed by atoms with Gasteiger partial charge in [-0.2, -0.15) is 0 Å². The normalized spacial score (nSPS) is 31.6. The molecule has 2 aliphatic rings. The molecule has 1 saturated heterocycles. The van der Waals surface area contributed by atoms with Crippen LogP contribution in [-0.4, -0.2) is 37.1 Å². The Kier molecular flexibility index (Phi) is 3.23. The van der Waals surface area contributed by atoms with Crippen LogP contribution in [-0.2, 0) is 0 Å². The van der Waals surface area contributed by atoms with Gasteiger partial charge in [-0.15, -0.1) is 0 Å². The smallest absolute Gasteiger partial charge is 0.0107 e. The third kappa shape index (κ3) is 2.96. The molecular formula is C11H22N2. The predicted molar refractivity (Wildman–Crippen MR) is 55.9 cm³/mol. The Hall–Kier alpha value is -0.0800. The first-order chi connectivity index (χ1) is 6.38. The van der Waals surface area contributed by atoms with E-state index < -0.39 is 0 Å². The maximum Gasteiger partial charge on any atom is 0.0107 e. The summed E-state index contributed by atoms with van der Waals surface area (Å²) in [7, 11) is 0. The SMILES string of the molecule is CCC1CCN(CC2CC2)CCN1. The predicted octanol–water partition coefficient (Wildman–Crippen LogP) is 1.47. The van der Waals surface area contributed by atoms with Crippen LogP contribution in [0.15, 0.2) is 0 Å². The fraction of sp³-hybridized carbons (Fsp3) is 1.00. The molecule has 1 aliphatic carbocycles. The fourth-order valence-electron chi connectivity index (χ4n) is 2.18. The molecule has 0 aromatic carbocycles. The zero-order valence-electron chi connectivity index (χ0n) is 8.76. The van der Waals surface area contributed by atoms with Gasteiger partial charge in [0, 0.05) is 25.7 Å². The first kappa shape index (κ1) is 9.47. The molecule has 0 aromatic heterocycles. The second-order valence-electron chi connectivity index (χ2n) is 4.59. The zero-order chi connectivity index (χ0) is 9.10. The van der Waals surface area contributed by atoms with Gasteiger partial charge in [0.05, 0.1) is 0 Å². The largest absolute Gasteiger partial charge is 0.313 e. The molecule has 0 radical (unpaired) electrons. The molecule has 1 N–H and O–H groups in total. The standard InChI is InChI=1S/C11H22N2/c1-2-11-5-7-13(8-6-12-11)9-10-3-4-10/h10-12H,2-9H2,1H3. The van der Waals surface area contributed by atoms with E-state index in [0.29, 0.717) is 0 Å². The van der Waals surface area contributed by atoms with E-state index in [1.807, 2.05) is 0 Å². The van der Waals surface area contributed by atoms with Crippen molar-refractivity contribution in [2.45, 2.75) is 38.6 Å². The fourth-order valence-corrected chi connectivity index (χ4v) is 2.18. The van der Waals surface area contributed by atoms with Gasteiger partial charge in [0.15, 0.2) is 0 Å². The van der Waals surface area contributed by atoms with Crippen LogP contribution in [0.25, 0.3) is 0 Å². The molecule has 1 aliphatic heterocycles. The third-order valence-electron chi connectivity index (χ3n) is 3.36. The zero-order valence-corrected chi connectivity index (χ0v) is 8.76. The summed E-state index contributed by atoms with van der Waals surface area (Å²) in [5.41, 5.74) is 0. The summed E-state index contributed by atoms with van der Waals surface area (Å²) in [6, 6.07) is 0.782. The Labute approximate surface area is 81.7 Å². The maximum atomic E-state index is 3.61. The lowest BCUT2D eigenvalue weighted by Crippen LogP contribution is -2.30. The van der Waals surface area contributed by atoms with E-state index in [1.54, 1.807) is 0 Å². The van der Waals surface area contributed by atoms with E-state index >= 15 is 0 Å². The number of rotatable bonds is 3. The number of nitrogens with zero attached hydrogens (tertiary/aromatic N) is 1. The van der Waals surface area contributed by atoms with Gasteiger partial charge >= 0.3 is 0 Å². The van der Waals surface area contributed by atoms with E-state index in [9.17, 15) is 0 Å². The summed E-state index contributed by atoms with van der Waals surface area (Å²) in [6.45, 7) is 7.45. The Bertz CT molecular complexity index is 154. The van der Waals surface area contributed by atoms with Gasteiger partial charge in [-0.3, -0.25) is 0 Å². The quantitative estimate of drug-likeness (QED) is 0.711. The molecule has 1 unspecified atom stereocenters. The third-order valence-corrected chi connectivity index (χ3v) is 3.36. The minimum Gasteiger partial charge on any atom is -0.313 e. The molecule has 1 saturated carbocycles. The van der Waals surface area contributed by atoms with Crippen molar-refractivity contribution < 1.29 is 0 Å². The van der Waals surface area contributed by atoms with Crippen molar-refractivity contribution >= 4 is 0 Å². The highest BCUT2D eigenvalue weighted by Gasteiger charge is 2.25. The highest BCUT2D eigenvalue weighted by atomic mass is 15.2. The number of nitrogens with one attached hydrogen (secondary N) is 1. The van der Waals surface area contributed by atoms with Crippen molar-refractivity contribution in [3.05, 3.63) is 0 Å². The van der Waals surface area contributed by atoms with Crippen molar-refractivity contribution in [2.24, 2.45) is 5.92 Å².